The fourth-order valence-corrected chi connectivity index (χ4v) is 3.19. The molecule has 0 aliphatic rings. The summed E-state index contributed by atoms with van der Waals surface area (Å²) >= 11 is 5.76. The van der Waals surface area contributed by atoms with Crippen LogP contribution in [0.1, 0.15) is 50.8 Å². The lowest BCUT2D eigenvalue weighted by atomic mass is 10.0. The van der Waals surface area contributed by atoms with Crippen LogP contribution >= 0.6 is 11.6 Å². The van der Waals surface area contributed by atoms with E-state index >= 15 is 0 Å². The van der Waals surface area contributed by atoms with Crippen molar-refractivity contribution in [1.29, 1.82) is 0 Å². The Morgan fingerprint density at radius 1 is 0.909 bits per heavy atom. The fraction of sp³-hybridized carbons (Fsp3) is 0.364. The summed E-state index contributed by atoms with van der Waals surface area (Å²) in [6, 6.07) is 16.3. The van der Waals surface area contributed by atoms with Gasteiger partial charge in [-0.15, -0.1) is 12.8 Å². The number of alkyl halides is 7. The number of terminal acetylenes is 1. The van der Waals surface area contributed by atoms with E-state index in [9.17, 15) is 30.7 Å². The van der Waals surface area contributed by atoms with E-state index < -0.39 is 31.4 Å². The van der Waals surface area contributed by atoms with Crippen LogP contribution in [-0.2, 0) is 6.42 Å². The molecule has 3 nitrogen and oxygen atoms in total. The molecular weight excluding hydrogens is 607 g/mol. The van der Waals surface area contributed by atoms with Crippen LogP contribution in [-0.4, -0.2) is 23.5 Å². The van der Waals surface area contributed by atoms with Crippen LogP contribution in [0.2, 0.25) is 5.02 Å². The van der Waals surface area contributed by atoms with Crippen molar-refractivity contribution in [3.8, 4) is 24.1 Å². The molecule has 1 heterocycles. The molecule has 0 spiro atoms. The maximum Gasteiger partial charge on any atom is 0.389 e. The highest BCUT2D eigenvalue weighted by Crippen LogP contribution is 2.28. The van der Waals surface area contributed by atoms with Gasteiger partial charge in [-0.25, -0.2) is 8.78 Å². The number of hydrogen-bond donors (Lipinski definition) is 2. The van der Waals surface area contributed by atoms with E-state index in [2.05, 4.69) is 61.3 Å². The zero-order chi connectivity index (χ0) is 35.1. The standard InChI is InChI=1S/C12H10ClN.C10H11F4N.C5H9F3.C2H5N.C2H6.C2H2/c1-9-2-4-10(5-3-9)12-7-6-11(13)8-14-12;1-6-2-7(4-8(15)3-6)5-10(13,14)9(11)12;1-4(2)3-5(6,7)8;1-2-3;2*1-2/h2-8H,1H3;2-4,9H,5,15H2,1H3;4H,3H2,1-2H3;2H,1,3H2;1-2H3;1-2H. The second kappa shape index (κ2) is 23.7. The average Bonchev–Trinajstić information content (AvgIpc) is 2.91. The lowest BCUT2D eigenvalue weighted by molar-refractivity contribution is -0.141. The van der Waals surface area contributed by atoms with Crippen LogP contribution in [0.25, 0.3) is 11.3 Å². The molecule has 3 aromatic rings. The van der Waals surface area contributed by atoms with E-state index in [1.165, 1.54) is 23.9 Å². The number of aromatic nitrogens is 1. The van der Waals surface area contributed by atoms with Crippen molar-refractivity contribution in [2.45, 2.75) is 72.9 Å². The average molecular weight is 650 g/mol. The van der Waals surface area contributed by atoms with Gasteiger partial charge in [0, 0.05) is 30.3 Å². The molecule has 11 heteroatoms. The molecule has 0 amide bonds. The molecule has 1 aromatic heterocycles. The summed E-state index contributed by atoms with van der Waals surface area (Å²) in [5.41, 5.74) is 14.5. The molecule has 3 rings (SSSR count). The maximum absolute atomic E-state index is 12.7. The van der Waals surface area contributed by atoms with Gasteiger partial charge in [-0.2, -0.15) is 22.0 Å². The number of nitrogens with zero attached hydrogens (tertiary/aromatic N) is 1. The Labute approximate surface area is 262 Å². The minimum absolute atomic E-state index is 0.123. The van der Waals surface area contributed by atoms with Crippen LogP contribution in [0.3, 0.4) is 0 Å². The predicted molar refractivity (Wildman–Crippen MR) is 171 cm³/mol. The molecule has 0 bridgehead atoms. The zero-order valence-corrected chi connectivity index (χ0v) is 26.7. The number of hydrogen-bond acceptors (Lipinski definition) is 3. The van der Waals surface area contributed by atoms with Gasteiger partial charge < -0.3 is 11.5 Å². The first-order valence-corrected chi connectivity index (χ1v) is 13.7. The Bertz CT molecular complexity index is 1110. The Morgan fingerprint density at radius 3 is 1.75 bits per heavy atom. The van der Waals surface area contributed by atoms with Crippen molar-refractivity contribution < 1.29 is 30.7 Å². The van der Waals surface area contributed by atoms with Gasteiger partial charge in [-0.3, -0.25) is 4.98 Å². The van der Waals surface area contributed by atoms with Crippen LogP contribution in [0.15, 0.2) is 73.6 Å². The number of benzene rings is 2. The molecule has 0 radical (unpaired) electrons. The number of halogens is 8. The SMILES string of the molecule is C#C.C=CN.CC.CC(C)CC(F)(F)F.Cc1cc(N)cc(CC(F)(F)C(F)F)c1.Cc1ccc(-c2ccc(Cl)cn2)cc1. The molecule has 246 valence electrons. The summed E-state index contributed by atoms with van der Waals surface area (Å²) in [5.74, 6) is -4.28. The molecule has 2 aromatic carbocycles. The van der Waals surface area contributed by atoms with Crippen molar-refractivity contribution in [2.75, 3.05) is 5.73 Å². The summed E-state index contributed by atoms with van der Waals surface area (Å²) in [6.07, 6.45) is 1.62. The zero-order valence-electron chi connectivity index (χ0n) is 25.9. The van der Waals surface area contributed by atoms with Crippen LogP contribution in [0, 0.1) is 32.6 Å². The second-order valence-corrected chi connectivity index (χ2v) is 9.60. The summed E-state index contributed by atoms with van der Waals surface area (Å²) in [4.78, 5) is 4.25. The van der Waals surface area contributed by atoms with Crippen molar-refractivity contribution in [2.24, 2.45) is 11.7 Å². The number of anilines is 1. The first-order chi connectivity index (χ1) is 20.4. The smallest absolute Gasteiger partial charge is 0.389 e. The molecular formula is C33H43ClF7N3. The first-order valence-electron chi connectivity index (χ1n) is 13.3. The predicted octanol–water partition coefficient (Wildman–Crippen LogP) is 10.7. The molecule has 0 fully saturated rings. The lowest BCUT2D eigenvalue weighted by Gasteiger charge is -2.15. The molecule has 0 saturated heterocycles. The molecule has 0 aliphatic carbocycles. The Kier molecular flexibility index (Phi) is 24.1. The highest BCUT2D eigenvalue weighted by Gasteiger charge is 2.40. The van der Waals surface area contributed by atoms with Gasteiger partial charge in [-0.05, 0) is 61.4 Å². The van der Waals surface area contributed by atoms with E-state index in [0.29, 0.717) is 16.3 Å². The van der Waals surface area contributed by atoms with E-state index in [-0.39, 0.29) is 11.5 Å². The minimum atomic E-state index is -4.00. The van der Waals surface area contributed by atoms with Crippen molar-refractivity contribution in [1.82, 2.24) is 4.98 Å². The van der Waals surface area contributed by atoms with Gasteiger partial charge in [0.2, 0.25) is 0 Å². The van der Waals surface area contributed by atoms with Crippen LogP contribution in [0.5, 0.6) is 0 Å². The second-order valence-electron chi connectivity index (χ2n) is 9.17. The van der Waals surface area contributed by atoms with E-state index in [4.69, 9.17) is 17.3 Å². The van der Waals surface area contributed by atoms with E-state index in [1.807, 2.05) is 26.0 Å². The van der Waals surface area contributed by atoms with Crippen molar-refractivity contribution in [3.05, 3.63) is 95.3 Å². The molecule has 0 aliphatic heterocycles. The van der Waals surface area contributed by atoms with Gasteiger partial charge in [0.1, 0.15) is 0 Å². The third-order valence-corrected chi connectivity index (χ3v) is 4.86. The van der Waals surface area contributed by atoms with Crippen molar-refractivity contribution in [3.63, 3.8) is 0 Å². The number of nitrogens with two attached hydrogens (primary N) is 2. The summed E-state index contributed by atoms with van der Waals surface area (Å²) < 4.78 is 83.2. The van der Waals surface area contributed by atoms with Gasteiger partial charge in [0.25, 0.3) is 0 Å². The van der Waals surface area contributed by atoms with Crippen molar-refractivity contribution >= 4 is 17.3 Å². The van der Waals surface area contributed by atoms with E-state index in [0.717, 1.165) is 11.3 Å². The third-order valence-electron chi connectivity index (χ3n) is 4.63. The Hall–Kier alpha value is -3.71. The topological polar surface area (TPSA) is 64.9 Å². The van der Waals surface area contributed by atoms with Gasteiger partial charge in [0.05, 0.1) is 10.7 Å². The number of nitrogen functional groups attached to an aromatic ring is 1. The summed E-state index contributed by atoms with van der Waals surface area (Å²) in [7, 11) is 0. The monoisotopic (exact) mass is 649 g/mol. The van der Waals surface area contributed by atoms with Crippen LogP contribution < -0.4 is 11.5 Å². The highest BCUT2D eigenvalue weighted by molar-refractivity contribution is 6.30. The molecule has 0 saturated carbocycles. The normalized spacial score (nSPS) is 10.1. The Morgan fingerprint density at radius 2 is 1.41 bits per heavy atom. The fourth-order valence-electron chi connectivity index (χ4n) is 3.08. The van der Waals surface area contributed by atoms with Crippen LogP contribution in [0.4, 0.5) is 36.4 Å². The van der Waals surface area contributed by atoms with Gasteiger partial charge in [-0.1, -0.05) is 81.8 Å². The number of rotatable bonds is 5. The number of pyridine rings is 1. The first kappa shape index (κ1) is 44.7. The Balaban J connectivity index is -0.000000536. The minimum Gasteiger partial charge on any atom is -0.405 e. The quantitative estimate of drug-likeness (QED) is 0.164. The number of aryl methyl sites for hydroxylation is 2. The molecule has 0 atom stereocenters. The highest BCUT2D eigenvalue weighted by atomic mass is 35.5. The molecule has 0 unspecified atom stereocenters. The molecule has 4 N–H and O–H groups in total. The largest absolute Gasteiger partial charge is 0.405 e. The summed E-state index contributed by atoms with van der Waals surface area (Å²) in [6.45, 7) is 14.0. The lowest BCUT2D eigenvalue weighted by Crippen LogP contribution is -2.29. The van der Waals surface area contributed by atoms with Gasteiger partial charge in [0.15, 0.2) is 0 Å². The van der Waals surface area contributed by atoms with Gasteiger partial charge >= 0.3 is 18.5 Å². The summed E-state index contributed by atoms with van der Waals surface area (Å²) in [5, 5.41) is 0.667. The third kappa shape index (κ3) is 22.8. The van der Waals surface area contributed by atoms with E-state index in [1.54, 1.807) is 33.0 Å². The molecule has 44 heavy (non-hydrogen) atoms. The maximum atomic E-state index is 12.7.